The quantitative estimate of drug-likeness (QED) is 0.0957. The number of hydrogen-bond donors (Lipinski definition) is 0. The van der Waals surface area contributed by atoms with Gasteiger partial charge in [0.1, 0.15) is 17.3 Å². The Morgan fingerprint density at radius 2 is 0.986 bits per heavy atom. The smallest absolute Gasteiger partial charge is 0.269 e. The van der Waals surface area contributed by atoms with E-state index in [9.17, 15) is 0 Å². The monoisotopic (exact) mass is 917 g/mol. The van der Waals surface area contributed by atoms with E-state index < -0.39 is 0 Å². The van der Waals surface area contributed by atoms with Gasteiger partial charge in [-0.2, -0.15) is 0 Å². The molecular weight excluding hydrogens is 853 g/mol. The Kier molecular flexibility index (Phi) is 11.5. The number of hydrogen-bond acceptors (Lipinski definition) is 2. The number of benzene rings is 7. The molecule has 3 heterocycles. The summed E-state index contributed by atoms with van der Waals surface area (Å²) in [6, 6.07) is 65.6. The summed E-state index contributed by atoms with van der Waals surface area (Å²) in [5.41, 5.74) is 14.1. The minimum Gasteiger partial charge on any atom is -0.458 e. The lowest BCUT2D eigenvalue weighted by atomic mass is 9.73. The van der Waals surface area contributed by atoms with Gasteiger partial charge in [0.2, 0.25) is 0 Å². The summed E-state index contributed by atoms with van der Waals surface area (Å²) >= 11 is 0. The van der Waals surface area contributed by atoms with Crippen molar-refractivity contribution in [3.63, 3.8) is 0 Å². The molecule has 0 aliphatic heterocycles. The summed E-state index contributed by atoms with van der Waals surface area (Å²) in [7, 11) is 0. The molecule has 70 heavy (non-hydrogen) atoms. The number of nitrogens with zero attached hydrogens (tertiary/aromatic N) is 4. The standard InChI is InChI=1S/C65H64N4O/c1-44-45(2)68(43-67(44)53-36-50(63(6,7)46-23-15-12-16-24-46)35-51(37-53)64(8,9)47-25-17-13-18-26-47)54-38-52(65(10,11)48-27-19-14-20-28-48)39-56(41-54)70-55-31-32-58-57-29-21-22-30-59(57)69(60(58)42-55)61-40-49(33-34-66-61)62(3,4)5/h12-42H,1-11H3. The van der Waals surface area contributed by atoms with Crippen molar-refractivity contribution in [2.75, 3.05) is 0 Å². The molecule has 0 fully saturated rings. The van der Waals surface area contributed by atoms with Crippen LogP contribution in [0.2, 0.25) is 0 Å². The van der Waals surface area contributed by atoms with E-state index in [1.165, 1.54) is 38.8 Å². The molecule has 0 saturated heterocycles. The first-order chi connectivity index (χ1) is 33.4. The van der Waals surface area contributed by atoms with E-state index in [4.69, 9.17) is 9.72 Å². The molecule has 0 aliphatic carbocycles. The number of fused-ring (bicyclic) bond motifs is 3. The average Bonchev–Trinajstić information content (AvgIpc) is 3.86. The van der Waals surface area contributed by atoms with Crippen LogP contribution in [0.25, 0.3) is 39.0 Å². The first-order valence-corrected chi connectivity index (χ1v) is 24.6. The highest BCUT2D eigenvalue weighted by Gasteiger charge is 2.31. The van der Waals surface area contributed by atoms with E-state index >= 15 is 0 Å². The highest BCUT2D eigenvalue weighted by atomic mass is 16.5. The van der Waals surface area contributed by atoms with Gasteiger partial charge in [0, 0.05) is 39.3 Å². The topological polar surface area (TPSA) is 35.9 Å². The number of rotatable bonds is 11. The lowest BCUT2D eigenvalue weighted by Crippen LogP contribution is -2.34. The summed E-state index contributed by atoms with van der Waals surface area (Å²) in [5.74, 6) is 2.38. The van der Waals surface area contributed by atoms with Gasteiger partial charge < -0.3 is 4.74 Å². The van der Waals surface area contributed by atoms with Gasteiger partial charge in [0.15, 0.2) is 0 Å². The minimum atomic E-state index is -0.350. The van der Waals surface area contributed by atoms with E-state index in [0.29, 0.717) is 0 Å². The normalized spacial score (nSPS) is 12.5. The fourth-order valence-electron chi connectivity index (χ4n) is 10.1. The van der Waals surface area contributed by atoms with Gasteiger partial charge in [-0.1, -0.05) is 178 Å². The molecule has 0 aliphatic rings. The molecule has 5 heteroatoms. The maximum Gasteiger partial charge on any atom is 0.269 e. The van der Waals surface area contributed by atoms with E-state index in [1.807, 2.05) is 6.20 Å². The van der Waals surface area contributed by atoms with Crippen molar-refractivity contribution >= 4 is 21.8 Å². The number of para-hydroxylation sites is 1. The van der Waals surface area contributed by atoms with Crippen molar-refractivity contribution < 1.29 is 9.30 Å². The zero-order valence-electron chi connectivity index (χ0n) is 42.6. The van der Waals surface area contributed by atoms with Crippen molar-refractivity contribution in [2.45, 2.75) is 97.8 Å². The van der Waals surface area contributed by atoms with Crippen LogP contribution in [0.1, 0.15) is 113 Å². The molecule has 0 N–H and O–H groups in total. The summed E-state index contributed by atoms with van der Waals surface area (Å²) in [5, 5.41) is 2.32. The van der Waals surface area contributed by atoms with Gasteiger partial charge in [-0.3, -0.25) is 13.7 Å². The van der Waals surface area contributed by atoms with E-state index in [-0.39, 0.29) is 21.7 Å². The van der Waals surface area contributed by atoms with Crippen molar-refractivity contribution in [1.82, 2.24) is 14.1 Å². The number of ether oxygens (including phenoxy) is 1. The first-order valence-electron chi connectivity index (χ1n) is 24.6. The molecule has 350 valence electrons. The van der Waals surface area contributed by atoms with Gasteiger partial charge >= 0.3 is 0 Å². The van der Waals surface area contributed by atoms with Gasteiger partial charge in [0.25, 0.3) is 6.33 Å². The molecule has 0 radical (unpaired) electrons. The van der Waals surface area contributed by atoms with Crippen molar-refractivity contribution in [3.05, 3.63) is 245 Å². The lowest BCUT2D eigenvalue weighted by Gasteiger charge is -2.32. The molecule has 0 spiro atoms. The highest BCUT2D eigenvalue weighted by Crippen LogP contribution is 2.41. The molecule has 0 bridgehead atoms. The molecule has 7 aromatic carbocycles. The van der Waals surface area contributed by atoms with Crippen molar-refractivity contribution in [3.8, 4) is 28.7 Å². The zero-order valence-corrected chi connectivity index (χ0v) is 42.6. The second kappa shape index (κ2) is 17.5. The van der Waals surface area contributed by atoms with Crippen LogP contribution in [-0.2, 0) is 21.7 Å². The van der Waals surface area contributed by atoms with E-state index in [1.54, 1.807) is 0 Å². The molecule has 10 aromatic rings. The van der Waals surface area contributed by atoms with E-state index in [2.05, 4.69) is 278 Å². The summed E-state index contributed by atoms with van der Waals surface area (Å²) in [4.78, 5) is 4.94. The average molecular weight is 917 g/mol. The Balaban J connectivity index is 1.12. The third-order valence-electron chi connectivity index (χ3n) is 15.1. The molecule has 0 atom stereocenters. The van der Waals surface area contributed by atoms with Crippen molar-refractivity contribution in [2.24, 2.45) is 0 Å². The Hall–Kier alpha value is -7.50. The van der Waals surface area contributed by atoms with Gasteiger partial charge in [-0.25, -0.2) is 4.98 Å². The predicted molar refractivity (Wildman–Crippen MR) is 289 cm³/mol. The third kappa shape index (κ3) is 8.31. The summed E-state index contributed by atoms with van der Waals surface area (Å²) in [6.45, 7) is 25.0. The lowest BCUT2D eigenvalue weighted by molar-refractivity contribution is -0.606. The maximum atomic E-state index is 7.07. The van der Waals surface area contributed by atoms with Gasteiger partial charge in [0.05, 0.1) is 33.8 Å². The Labute approximate surface area is 414 Å². The largest absolute Gasteiger partial charge is 0.458 e. The first kappa shape index (κ1) is 46.2. The van der Waals surface area contributed by atoms with Crippen LogP contribution in [0.15, 0.2) is 188 Å². The van der Waals surface area contributed by atoms with Crippen LogP contribution >= 0.6 is 0 Å². The molecule has 10 rings (SSSR count). The van der Waals surface area contributed by atoms with Crippen LogP contribution < -0.4 is 9.30 Å². The summed E-state index contributed by atoms with van der Waals surface area (Å²) < 4.78 is 13.8. The molecule has 0 amide bonds. The fourth-order valence-corrected chi connectivity index (χ4v) is 10.1. The summed E-state index contributed by atoms with van der Waals surface area (Å²) in [6.07, 6.45) is 5.80. The molecule has 0 saturated carbocycles. The van der Waals surface area contributed by atoms with Crippen LogP contribution in [-0.4, -0.2) is 14.1 Å². The Bertz CT molecular complexity index is 3460. The highest BCUT2D eigenvalue weighted by molar-refractivity contribution is 6.09. The molecular formula is C65H64N4O. The molecule has 3 aromatic heterocycles. The number of imidazole rings is 1. The van der Waals surface area contributed by atoms with Gasteiger partial charge in [-0.15, -0.1) is 0 Å². The second-order valence-corrected chi connectivity index (χ2v) is 21.7. The van der Waals surface area contributed by atoms with Crippen molar-refractivity contribution in [1.29, 1.82) is 0 Å². The van der Waals surface area contributed by atoms with Crippen LogP contribution in [0, 0.1) is 20.2 Å². The Morgan fingerprint density at radius 3 is 1.56 bits per heavy atom. The second-order valence-electron chi connectivity index (χ2n) is 21.7. The predicted octanol–water partition coefficient (Wildman–Crippen LogP) is 15.7. The van der Waals surface area contributed by atoms with E-state index in [0.717, 1.165) is 62.1 Å². The minimum absolute atomic E-state index is 0.0279. The van der Waals surface area contributed by atoms with Crippen LogP contribution in [0.4, 0.5) is 0 Å². The molecule has 5 nitrogen and oxygen atoms in total. The fraction of sp³-hybridized carbons (Fsp3) is 0.231. The zero-order chi connectivity index (χ0) is 49.2. The number of pyridine rings is 1. The third-order valence-corrected chi connectivity index (χ3v) is 15.1. The maximum absolute atomic E-state index is 7.07. The van der Waals surface area contributed by atoms with Crippen LogP contribution in [0.5, 0.6) is 11.5 Å². The SMILES string of the molecule is Cc1c(C)[n+](-c2cc(C(C)(C)c3ccccc3)cc(C(C)(C)c3ccccc3)c2)[c-]n1-c1cc(Oc2ccc3c4ccccc4n(-c4cc(C(C)(C)C)ccn4)c3c2)cc(C(C)(C)c2ccccc2)c1. The Morgan fingerprint density at radius 1 is 0.457 bits per heavy atom. The number of aromatic nitrogens is 4. The van der Waals surface area contributed by atoms with Crippen LogP contribution in [0.3, 0.4) is 0 Å². The van der Waals surface area contributed by atoms with Gasteiger partial charge in [-0.05, 0) is 119 Å². The molecule has 0 unspecified atom stereocenters.